The van der Waals surface area contributed by atoms with E-state index in [9.17, 15) is 0 Å². The second kappa shape index (κ2) is 21.7. The highest BCUT2D eigenvalue weighted by molar-refractivity contribution is 5.39. The second-order valence-electron chi connectivity index (χ2n) is 4.37. The van der Waals surface area contributed by atoms with Gasteiger partial charge in [-0.2, -0.15) is 0 Å². The Morgan fingerprint density at radius 3 is 1.29 bits per heavy atom. The van der Waals surface area contributed by atoms with Crippen molar-refractivity contribution in [1.82, 2.24) is 0 Å². The maximum absolute atomic E-state index is 5.67. The fourth-order valence-electron chi connectivity index (χ4n) is 1.60. The van der Waals surface area contributed by atoms with E-state index in [2.05, 4.69) is 13.8 Å². The molecular formula is C20H38O4. The van der Waals surface area contributed by atoms with Gasteiger partial charge in [-0.1, -0.05) is 53.7 Å². The minimum Gasteiger partial charge on any atom is -0.487 e. The Hall–Kier alpha value is -1.26. The fourth-order valence-corrected chi connectivity index (χ4v) is 1.60. The van der Waals surface area contributed by atoms with Crippen LogP contribution in [0.1, 0.15) is 54.4 Å². The van der Waals surface area contributed by atoms with Crippen LogP contribution in [-0.4, -0.2) is 39.6 Å². The molecule has 0 fully saturated rings. The van der Waals surface area contributed by atoms with Gasteiger partial charge in [0.2, 0.25) is 0 Å². The van der Waals surface area contributed by atoms with Crippen molar-refractivity contribution in [1.29, 1.82) is 0 Å². The lowest BCUT2D eigenvalue weighted by Crippen LogP contribution is -2.10. The number of hydrogen-bond acceptors (Lipinski definition) is 4. The summed E-state index contributed by atoms with van der Waals surface area (Å²) in [5.41, 5.74) is 0. The molecule has 0 aromatic heterocycles. The Kier molecular flexibility index (Phi) is 22.6. The summed E-state index contributed by atoms with van der Waals surface area (Å²) in [6.45, 7) is 16.0. The molecule has 24 heavy (non-hydrogen) atoms. The van der Waals surface area contributed by atoms with E-state index >= 15 is 0 Å². The first-order chi connectivity index (χ1) is 11.9. The van der Waals surface area contributed by atoms with Crippen molar-refractivity contribution in [2.24, 2.45) is 0 Å². The molecule has 142 valence electrons. The minimum absolute atomic E-state index is 0.534. The van der Waals surface area contributed by atoms with Crippen molar-refractivity contribution < 1.29 is 18.9 Å². The topological polar surface area (TPSA) is 36.9 Å². The highest BCUT2D eigenvalue weighted by Gasteiger charge is 2.03. The molecule has 0 aliphatic rings. The molecule has 4 heteroatoms. The first kappa shape index (κ1) is 25.0. The lowest BCUT2D eigenvalue weighted by atomic mass is 10.3. The Morgan fingerprint density at radius 1 is 0.583 bits per heavy atom. The third-order valence-corrected chi connectivity index (χ3v) is 2.52. The lowest BCUT2D eigenvalue weighted by molar-refractivity contribution is 0.0915. The number of ether oxygens (including phenoxy) is 4. The maximum atomic E-state index is 5.67. The van der Waals surface area contributed by atoms with Crippen LogP contribution in [0.2, 0.25) is 0 Å². The zero-order chi connectivity index (χ0) is 18.5. The normalized spacial score (nSPS) is 9.25. The molecule has 0 radical (unpaired) electrons. The molecule has 1 rings (SSSR count). The molecule has 0 unspecified atom stereocenters. The van der Waals surface area contributed by atoms with Gasteiger partial charge >= 0.3 is 0 Å². The van der Waals surface area contributed by atoms with Gasteiger partial charge in [0.25, 0.3) is 0 Å². The van der Waals surface area contributed by atoms with Crippen LogP contribution in [0.4, 0.5) is 0 Å². The van der Waals surface area contributed by atoms with Crippen molar-refractivity contribution >= 4 is 0 Å². The van der Waals surface area contributed by atoms with Gasteiger partial charge in [0.15, 0.2) is 11.5 Å². The molecule has 0 bridgehead atoms. The summed E-state index contributed by atoms with van der Waals surface area (Å²) in [5, 5.41) is 0. The molecule has 4 nitrogen and oxygen atoms in total. The van der Waals surface area contributed by atoms with Gasteiger partial charge in [0, 0.05) is 13.2 Å². The molecule has 0 atom stereocenters. The first-order valence-corrected chi connectivity index (χ1v) is 9.38. The minimum atomic E-state index is 0.534. The molecule has 0 N–H and O–H groups in total. The van der Waals surface area contributed by atoms with E-state index in [1.54, 1.807) is 0 Å². The van der Waals surface area contributed by atoms with E-state index in [0.29, 0.717) is 26.4 Å². The number of para-hydroxylation sites is 2. The van der Waals surface area contributed by atoms with Gasteiger partial charge in [-0.05, 0) is 25.0 Å². The van der Waals surface area contributed by atoms with E-state index in [0.717, 1.165) is 37.6 Å². The molecule has 1 aromatic rings. The van der Waals surface area contributed by atoms with E-state index < -0.39 is 0 Å². The van der Waals surface area contributed by atoms with E-state index in [1.807, 2.05) is 52.0 Å². The number of rotatable bonds is 12. The van der Waals surface area contributed by atoms with Gasteiger partial charge in [-0.15, -0.1) is 0 Å². The molecule has 0 aliphatic heterocycles. The van der Waals surface area contributed by atoms with Gasteiger partial charge in [0.1, 0.15) is 13.2 Å². The average molecular weight is 343 g/mol. The first-order valence-electron chi connectivity index (χ1n) is 9.38. The number of benzene rings is 1. The molecule has 1 aromatic carbocycles. The Bertz CT molecular complexity index is 309. The lowest BCUT2D eigenvalue weighted by Gasteiger charge is -2.12. The Labute approximate surface area is 149 Å². The van der Waals surface area contributed by atoms with Gasteiger partial charge in [-0.3, -0.25) is 0 Å². The van der Waals surface area contributed by atoms with Crippen LogP contribution in [0, 0.1) is 0 Å². The quantitative estimate of drug-likeness (QED) is 0.480. The number of hydrogen-bond donors (Lipinski definition) is 0. The summed E-state index contributed by atoms with van der Waals surface area (Å²) in [4.78, 5) is 0. The van der Waals surface area contributed by atoms with E-state index in [4.69, 9.17) is 18.9 Å². The Balaban J connectivity index is 0. The molecule has 0 aliphatic carbocycles. The largest absolute Gasteiger partial charge is 0.487 e. The molecule has 0 spiro atoms. The summed E-state index contributed by atoms with van der Waals surface area (Å²) in [7, 11) is 0. The van der Waals surface area contributed by atoms with Gasteiger partial charge in [0.05, 0.1) is 13.2 Å². The molecular weight excluding hydrogens is 304 g/mol. The van der Waals surface area contributed by atoms with Crippen LogP contribution in [0.3, 0.4) is 0 Å². The summed E-state index contributed by atoms with van der Waals surface area (Å²) >= 11 is 0. The molecule has 0 heterocycles. The fraction of sp³-hybridized carbons (Fsp3) is 0.700. The van der Waals surface area contributed by atoms with Crippen LogP contribution in [0.15, 0.2) is 24.3 Å². The predicted molar refractivity (Wildman–Crippen MR) is 102 cm³/mol. The average Bonchev–Trinajstić information content (AvgIpc) is 2.66. The third-order valence-electron chi connectivity index (χ3n) is 2.52. The molecule has 0 amide bonds. The van der Waals surface area contributed by atoms with E-state index in [-0.39, 0.29) is 0 Å². The van der Waals surface area contributed by atoms with Crippen LogP contribution in [0.25, 0.3) is 0 Å². The molecule has 0 saturated carbocycles. The summed E-state index contributed by atoms with van der Waals surface area (Å²) in [6.07, 6.45) is 2.05. The predicted octanol–water partition coefficient (Wildman–Crippen LogP) is 5.35. The van der Waals surface area contributed by atoms with Crippen molar-refractivity contribution in [3.8, 4) is 11.5 Å². The Morgan fingerprint density at radius 2 is 0.958 bits per heavy atom. The van der Waals surface area contributed by atoms with Crippen LogP contribution >= 0.6 is 0 Å². The zero-order valence-corrected chi connectivity index (χ0v) is 16.6. The van der Waals surface area contributed by atoms with Crippen LogP contribution < -0.4 is 9.47 Å². The van der Waals surface area contributed by atoms with E-state index in [1.165, 1.54) is 0 Å². The van der Waals surface area contributed by atoms with Crippen molar-refractivity contribution in [2.75, 3.05) is 39.6 Å². The monoisotopic (exact) mass is 342 g/mol. The van der Waals surface area contributed by atoms with Crippen molar-refractivity contribution in [3.63, 3.8) is 0 Å². The van der Waals surface area contributed by atoms with Crippen molar-refractivity contribution in [3.05, 3.63) is 24.3 Å². The van der Waals surface area contributed by atoms with Gasteiger partial charge < -0.3 is 18.9 Å². The zero-order valence-electron chi connectivity index (χ0n) is 16.6. The second-order valence-corrected chi connectivity index (χ2v) is 4.37. The smallest absolute Gasteiger partial charge is 0.161 e. The standard InChI is InChI=1S/C16H26O4.2C2H6/c1-3-9-17-11-13-19-15-7-5-6-8-16(15)20-14-12-18-10-4-2;2*1-2/h5-8H,3-4,9-14H2,1-2H3;2*1-2H3. The van der Waals surface area contributed by atoms with Crippen LogP contribution in [-0.2, 0) is 9.47 Å². The van der Waals surface area contributed by atoms with Crippen LogP contribution in [0.5, 0.6) is 11.5 Å². The highest BCUT2D eigenvalue weighted by atomic mass is 16.6. The maximum Gasteiger partial charge on any atom is 0.161 e. The summed E-state index contributed by atoms with van der Waals surface area (Å²) in [5.74, 6) is 1.51. The van der Waals surface area contributed by atoms with Crippen molar-refractivity contribution in [2.45, 2.75) is 54.4 Å². The van der Waals surface area contributed by atoms with Gasteiger partial charge in [-0.25, -0.2) is 0 Å². The SMILES string of the molecule is CC.CC.CCCOCCOc1ccccc1OCCOCCC. The third kappa shape index (κ3) is 14.3. The highest BCUT2D eigenvalue weighted by Crippen LogP contribution is 2.26. The summed E-state index contributed by atoms with van der Waals surface area (Å²) < 4.78 is 22.1. The molecule has 0 saturated heterocycles. The summed E-state index contributed by atoms with van der Waals surface area (Å²) in [6, 6.07) is 7.68.